The zero-order valence-corrected chi connectivity index (χ0v) is 33.8. The van der Waals surface area contributed by atoms with Gasteiger partial charge in [0.15, 0.2) is 0 Å². The van der Waals surface area contributed by atoms with Crippen LogP contribution in [0.15, 0.2) is 104 Å². The van der Waals surface area contributed by atoms with Crippen molar-refractivity contribution in [2.24, 2.45) is 0 Å². The Kier molecular flexibility index (Phi) is 13.0. The molecule has 58 heavy (non-hydrogen) atoms. The fourth-order valence-electron chi connectivity index (χ4n) is 5.71. The van der Waals surface area contributed by atoms with E-state index in [9.17, 15) is 27.2 Å². The molecule has 6 aromatic rings. The number of carbonyl (C=O) groups excluding carboxylic acids is 2. The number of nitrogens with zero attached hydrogens (tertiary/aromatic N) is 6. The van der Waals surface area contributed by atoms with Gasteiger partial charge in [0.05, 0.1) is 5.56 Å². The third-order valence-electron chi connectivity index (χ3n) is 9.84. The van der Waals surface area contributed by atoms with Crippen LogP contribution in [-0.4, -0.2) is 52.4 Å². The molecule has 0 aliphatic rings. The molecule has 2 heterocycles. The first kappa shape index (κ1) is 43.0. The first-order chi connectivity index (χ1) is 27.3. The van der Waals surface area contributed by atoms with Crippen LogP contribution in [0.5, 0.6) is 0 Å². The summed E-state index contributed by atoms with van der Waals surface area (Å²) in [7, 11) is 0. The van der Waals surface area contributed by atoms with E-state index in [1.807, 2.05) is 73.6 Å². The molecule has 0 atom stereocenters. The molecule has 2 aromatic heterocycles. The molecule has 2 N–H and O–H groups in total. The van der Waals surface area contributed by atoms with Crippen LogP contribution >= 0.6 is 0 Å². The van der Waals surface area contributed by atoms with E-state index < -0.39 is 17.3 Å². The summed E-state index contributed by atoms with van der Waals surface area (Å²) >= 11 is 0. The Morgan fingerprint density at radius 3 is 1.57 bits per heavy atom. The first-order valence-electron chi connectivity index (χ1n) is 18.9. The van der Waals surface area contributed by atoms with Crippen LogP contribution in [0, 0.1) is 5.82 Å². The van der Waals surface area contributed by atoms with Crippen LogP contribution in [0.3, 0.4) is 0 Å². The molecule has 0 aliphatic carbocycles. The topological polar surface area (TPSA) is 120 Å². The summed E-state index contributed by atoms with van der Waals surface area (Å²) in [6, 6.07) is 21.9. The zero-order chi connectivity index (χ0) is 42.4. The summed E-state index contributed by atoms with van der Waals surface area (Å²) in [5.74, 6) is 0.0888. The smallest absolute Gasteiger partial charge is 0.347 e. The average Bonchev–Trinajstić information content (AvgIpc) is 3.92. The molecule has 4 aromatic carbocycles. The second-order valence-electron chi connectivity index (χ2n) is 15.6. The van der Waals surface area contributed by atoms with Crippen LogP contribution in [0.2, 0.25) is 0 Å². The van der Waals surface area contributed by atoms with Crippen molar-refractivity contribution in [3.05, 3.63) is 132 Å². The molecule has 0 radical (unpaired) electrons. The van der Waals surface area contributed by atoms with E-state index in [-0.39, 0.29) is 29.1 Å². The molecule has 2 amide bonds. The Morgan fingerprint density at radius 2 is 1.10 bits per heavy atom. The summed E-state index contributed by atoms with van der Waals surface area (Å²) in [5, 5.41) is 21.9. The highest BCUT2D eigenvalue weighted by atomic mass is 19.4. The van der Waals surface area contributed by atoms with Crippen molar-refractivity contribution < 1.29 is 27.2 Å². The van der Waals surface area contributed by atoms with Gasteiger partial charge in [-0.25, -0.2) is 4.39 Å². The second kappa shape index (κ2) is 17.5. The highest BCUT2D eigenvalue weighted by Gasteiger charge is 2.30. The minimum atomic E-state index is -4.41. The number of carbonyl (C=O) groups is 2. The molecular formula is C44H48F4N8O2. The number of benzene rings is 4. The largest absolute Gasteiger partial charge is 0.416 e. The van der Waals surface area contributed by atoms with E-state index in [4.69, 9.17) is 0 Å². The minimum absolute atomic E-state index is 0.0866. The second-order valence-corrected chi connectivity index (χ2v) is 15.6. The van der Waals surface area contributed by atoms with Gasteiger partial charge < -0.3 is 10.6 Å². The van der Waals surface area contributed by atoms with Crippen molar-refractivity contribution in [1.29, 1.82) is 0 Å². The number of halogens is 4. The Bertz CT molecular complexity index is 2330. The van der Waals surface area contributed by atoms with Gasteiger partial charge >= 0.3 is 6.18 Å². The molecule has 6 rings (SSSR count). The maximum atomic E-state index is 13.3. The maximum Gasteiger partial charge on any atom is 0.416 e. The fourth-order valence-corrected chi connectivity index (χ4v) is 5.71. The number of nitrogens with one attached hydrogen (secondary N) is 2. The van der Waals surface area contributed by atoms with Crippen LogP contribution in [0.4, 0.5) is 17.6 Å². The number of rotatable bonds is 11. The van der Waals surface area contributed by atoms with Crippen molar-refractivity contribution >= 4 is 11.8 Å². The Morgan fingerprint density at radius 1 is 0.638 bits per heavy atom. The highest BCUT2D eigenvalue weighted by Crippen LogP contribution is 2.33. The molecule has 0 fully saturated rings. The van der Waals surface area contributed by atoms with Gasteiger partial charge in [-0.15, -0.1) is 20.4 Å². The molecule has 304 valence electrons. The lowest BCUT2D eigenvalue weighted by molar-refractivity contribution is -0.137. The van der Waals surface area contributed by atoms with Gasteiger partial charge in [0.1, 0.15) is 30.6 Å². The minimum Gasteiger partial charge on any atom is -0.347 e. The monoisotopic (exact) mass is 796 g/mol. The van der Waals surface area contributed by atoms with E-state index in [1.165, 1.54) is 24.3 Å². The molecular weight excluding hydrogens is 749 g/mol. The van der Waals surface area contributed by atoms with Gasteiger partial charge in [-0.3, -0.25) is 18.7 Å². The molecule has 0 unspecified atom stereocenters. The standard InChI is InChI=1S/C24H27F3N4O.C20H21FN4O/c1-6-23(4,5)29-22(32)18-11-17(16-7-9-19(10-8-16)24(25,26)27)12-20(13-18)31-14-28-30-21(31)15(2)3;1-4-20(2,3)24-19(26)16-9-15(14-5-7-17(21)8-6-14)10-18(11-16)25-12-22-23-13-25/h7-15H,6H2,1-5H3,(H,29,32);5-13H,4H2,1-3H3,(H,24,26). The molecule has 0 bridgehead atoms. The summed E-state index contributed by atoms with van der Waals surface area (Å²) in [5.41, 5.74) is 3.76. The third kappa shape index (κ3) is 10.8. The lowest BCUT2D eigenvalue weighted by Gasteiger charge is -2.25. The lowest BCUT2D eigenvalue weighted by atomic mass is 9.98. The van der Waals surface area contributed by atoms with Crippen molar-refractivity contribution in [3.8, 4) is 33.6 Å². The number of aromatic nitrogens is 6. The molecule has 0 spiro atoms. The molecule has 0 saturated heterocycles. The fraction of sp³-hybridized carbons (Fsp3) is 0.318. The maximum absolute atomic E-state index is 13.3. The number of alkyl halides is 3. The predicted molar refractivity (Wildman–Crippen MR) is 216 cm³/mol. The quantitative estimate of drug-likeness (QED) is 0.126. The zero-order valence-electron chi connectivity index (χ0n) is 33.8. The van der Waals surface area contributed by atoms with E-state index in [0.29, 0.717) is 27.9 Å². The van der Waals surface area contributed by atoms with E-state index in [0.717, 1.165) is 47.6 Å². The number of hydrogen-bond acceptors (Lipinski definition) is 6. The first-order valence-corrected chi connectivity index (χ1v) is 18.9. The highest BCUT2D eigenvalue weighted by molar-refractivity contribution is 5.97. The Labute approximate surface area is 335 Å². The van der Waals surface area contributed by atoms with Gasteiger partial charge in [-0.2, -0.15) is 13.2 Å². The van der Waals surface area contributed by atoms with E-state index in [1.54, 1.807) is 58.4 Å². The van der Waals surface area contributed by atoms with Gasteiger partial charge in [0.25, 0.3) is 11.8 Å². The predicted octanol–water partition coefficient (Wildman–Crippen LogP) is 9.99. The normalized spacial score (nSPS) is 11.9. The molecule has 10 nitrogen and oxygen atoms in total. The van der Waals surface area contributed by atoms with Gasteiger partial charge in [0, 0.05) is 39.5 Å². The SMILES string of the molecule is CCC(C)(C)NC(=O)c1cc(-c2ccc(C(F)(F)F)cc2)cc(-n2cnnc2C(C)C)c1.CCC(C)(C)NC(=O)c1cc(-c2ccc(F)cc2)cc(-n2cnnc2)c1. The van der Waals surface area contributed by atoms with Crippen molar-refractivity contribution in [1.82, 2.24) is 40.2 Å². The summed E-state index contributed by atoms with van der Waals surface area (Å²) in [6.45, 7) is 15.8. The summed E-state index contributed by atoms with van der Waals surface area (Å²) in [6.07, 6.45) is 1.86. The van der Waals surface area contributed by atoms with Crippen molar-refractivity contribution in [2.45, 2.75) is 91.4 Å². The van der Waals surface area contributed by atoms with Gasteiger partial charge in [-0.05, 0) is 123 Å². The van der Waals surface area contributed by atoms with Crippen molar-refractivity contribution in [3.63, 3.8) is 0 Å². The average molecular weight is 797 g/mol. The Hall–Kier alpha value is -6.18. The summed E-state index contributed by atoms with van der Waals surface area (Å²) in [4.78, 5) is 25.8. The number of hydrogen-bond donors (Lipinski definition) is 2. The van der Waals surface area contributed by atoms with Crippen LogP contribution in [-0.2, 0) is 6.18 Å². The number of amides is 2. The molecule has 0 aliphatic heterocycles. The molecule has 14 heteroatoms. The molecule has 0 saturated carbocycles. The van der Waals surface area contributed by atoms with Crippen molar-refractivity contribution in [2.75, 3.05) is 0 Å². The van der Waals surface area contributed by atoms with Crippen LogP contribution in [0.1, 0.15) is 106 Å². The van der Waals surface area contributed by atoms with Gasteiger partial charge in [-0.1, -0.05) is 52.0 Å². The van der Waals surface area contributed by atoms with Crippen LogP contribution < -0.4 is 10.6 Å². The summed E-state index contributed by atoms with van der Waals surface area (Å²) < 4.78 is 55.7. The van der Waals surface area contributed by atoms with E-state index in [2.05, 4.69) is 31.0 Å². The van der Waals surface area contributed by atoms with E-state index >= 15 is 0 Å². The van der Waals surface area contributed by atoms with Crippen LogP contribution in [0.25, 0.3) is 33.6 Å². The third-order valence-corrected chi connectivity index (χ3v) is 9.84. The Balaban J connectivity index is 0.000000226. The van der Waals surface area contributed by atoms with Gasteiger partial charge in [0.2, 0.25) is 0 Å². The lowest BCUT2D eigenvalue weighted by Crippen LogP contribution is -2.42.